The van der Waals surface area contributed by atoms with Gasteiger partial charge in [0.15, 0.2) is 0 Å². The van der Waals surface area contributed by atoms with Gasteiger partial charge in [0.05, 0.1) is 26.4 Å². The lowest BCUT2D eigenvalue weighted by molar-refractivity contribution is -0.139. The summed E-state index contributed by atoms with van der Waals surface area (Å²) >= 11 is 0. The predicted octanol–water partition coefficient (Wildman–Crippen LogP) is 5.86. The number of esters is 1. The van der Waals surface area contributed by atoms with E-state index in [1.807, 2.05) is 19.1 Å². The molecule has 0 aliphatic heterocycles. The Labute approximate surface area is 192 Å². The van der Waals surface area contributed by atoms with Crippen molar-refractivity contribution in [1.82, 2.24) is 0 Å². The molecule has 1 atom stereocenters. The number of carbonyl (C=O) groups is 1. The van der Waals surface area contributed by atoms with Crippen molar-refractivity contribution in [3.63, 3.8) is 0 Å². The number of ether oxygens (including phenoxy) is 4. The topological polar surface area (TPSA) is 54.0 Å². The fraction of sp³-hybridized carbons (Fsp3) is 0.444. The molecule has 174 valence electrons. The molecule has 0 fully saturated rings. The molecule has 2 rings (SSSR count). The first-order valence-electron chi connectivity index (χ1n) is 11.4. The lowest BCUT2D eigenvalue weighted by atomic mass is 10.0. The number of methoxy groups -OCH3 is 1. The molecule has 0 saturated carbocycles. The van der Waals surface area contributed by atoms with Gasteiger partial charge < -0.3 is 18.9 Å². The zero-order valence-electron chi connectivity index (χ0n) is 19.6. The van der Waals surface area contributed by atoms with Crippen molar-refractivity contribution in [1.29, 1.82) is 0 Å². The molecule has 32 heavy (non-hydrogen) atoms. The summed E-state index contributed by atoms with van der Waals surface area (Å²) in [7, 11) is 1.68. The van der Waals surface area contributed by atoms with Crippen molar-refractivity contribution >= 4 is 5.97 Å². The summed E-state index contributed by atoms with van der Waals surface area (Å²) in [6.45, 7) is 8.77. The van der Waals surface area contributed by atoms with Crippen LogP contribution in [0.2, 0.25) is 0 Å². The molecule has 0 aliphatic carbocycles. The molecule has 0 amide bonds. The Bertz CT molecular complexity index is 828. The Hall–Kier alpha value is -2.79. The Kier molecular flexibility index (Phi) is 11.4. The van der Waals surface area contributed by atoms with Gasteiger partial charge in [-0.05, 0) is 67.5 Å². The van der Waals surface area contributed by atoms with Gasteiger partial charge in [-0.25, -0.2) is 4.79 Å². The molecule has 0 spiro atoms. The predicted molar refractivity (Wildman–Crippen MR) is 127 cm³/mol. The maximum atomic E-state index is 11.1. The summed E-state index contributed by atoms with van der Waals surface area (Å²) in [5, 5.41) is 0. The normalized spacial score (nSPS) is 11.6. The SMILES string of the molecule is C=CC(=O)OCCOC(C)c1ccc(CCCc2ccc(OC)cc2)c(OCCCC)c1. The minimum atomic E-state index is -0.438. The summed E-state index contributed by atoms with van der Waals surface area (Å²) in [6, 6.07) is 14.6. The van der Waals surface area contributed by atoms with Gasteiger partial charge in [0.25, 0.3) is 0 Å². The van der Waals surface area contributed by atoms with Gasteiger partial charge >= 0.3 is 5.97 Å². The number of rotatable bonds is 15. The number of benzene rings is 2. The number of aryl methyl sites for hydroxylation is 2. The highest BCUT2D eigenvalue weighted by atomic mass is 16.6. The molecule has 5 nitrogen and oxygen atoms in total. The summed E-state index contributed by atoms with van der Waals surface area (Å²) in [5.74, 6) is 1.37. The van der Waals surface area contributed by atoms with Gasteiger partial charge in [-0.3, -0.25) is 0 Å². The van der Waals surface area contributed by atoms with E-state index in [2.05, 4.69) is 43.8 Å². The van der Waals surface area contributed by atoms with Crippen molar-refractivity contribution < 1.29 is 23.7 Å². The quantitative estimate of drug-likeness (QED) is 0.197. The first-order chi connectivity index (χ1) is 15.6. The van der Waals surface area contributed by atoms with E-state index in [-0.39, 0.29) is 12.7 Å². The summed E-state index contributed by atoms with van der Waals surface area (Å²) < 4.78 is 22.1. The molecule has 0 aromatic heterocycles. The van der Waals surface area contributed by atoms with Crippen LogP contribution in [-0.2, 0) is 27.1 Å². The average Bonchev–Trinajstić information content (AvgIpc) is 2.82. The Morgan fingerprint density at radius 1 is 1.03 bits per heavy atom. The largest absolute Gasteiger partial charge is 0.497 e. The van der Waals surface area contributed by atoms with E-state index in [4.69, 9.17) is 18.9 Å². The highest BCUT2D eigenvalue weighted by Gasteiger charge is 2.12. The van der Waals surface area contributed by atoms with Gasteiger partial charge in [-0.15, -0.1) is 0 Å². The molecular weight excluding hydrogens is 404 g/mol. The first kappa shape index (κ1) is 25.5. The third-order valence-electron chi connectivity index (χ3n) is 5.25. The van der Waals surface area contributed by atoms with Gasteiger partial charge in [-0.2, -0.15) is 0 Å². The smallest absolute Gasteiger partial charge is 0.330 e. The Balaban J connectivity index is 1.96. The zero-order chi connectivity index (χ0) is 23.2. The number of carbonyl (C=O) groups excluding carboxylic acids is 1. The number of hydrogen-bond donors (Lipinski definition) is 0. The van der Waals surface area contributed by atoms with Crippen molar-refractivity contribution in [2.75, 3.05) is 26.9 Å². The summed E-state index contributed by atoms with van der Waals surface area (Å²) in [6.07, 6.45) is 6.13. The maximum absolute atomic E-state index is 11.1. The second kappa shape index (κ2) is 14.3. The lowest BCUT2D eigenvalue weighted by Gasteiger charge is -2.17. The molecule has 0 heterocycles. The molecular formula is C27H36O5. The summed E-state index contributed by atoms with van der Waals surface area (Å²) in [5.41, 5.74) is 3.56. The van der Waals surface area contributed by atoms with E-state index < -0.39 is 5.97 Å². The van der Waals surface area contributed by atoms with Crippen LogP contribution in [0.5, 0.6) is 11.5 Å². The van der Waals surface area contributed by atoms with Crippen molar-refractivity contribution in [3.8, 4) is 11.5 Å². The van der Waals surface area contributed by atoms with Crippen LogP contribution >= 0.6 is 0 Å². The lowest BCUT2D eigenvalue weighted by Crippen LogP contribution is -2.11. The molecule has 1 unspecified atom stereocenters. The molecule has 0 saturated heterocycles. The van der Waals surface area contributed by atoms with Crippen LogP contribution in [0.3, 0.4) is 0 Å². The third-order valence-corrected chi connectivity index (χ3v) is 5.25. The van der Waals surface area contributed by atoms with E-state index in [0.717, 1.165) is 55.2 Å². The molecule has 0 N–H and O–H groups in total. The van der Waals surface area contributed by atoms with Crippen molar-refractivity contribution in [2.24, 2.45) is 0 Å². The van der Waals surface area contributed by atoms with Gasteiger partial charge in [0, 0.05) is 6.08 Å². The van der Waals surface area contributed by atoms with E-state index in [1.165, 1.54) is 11.1 Å². The minimum absolute atomic E-state index is 0.126. The zero-order valence-corrected chi connectivity index (χ0v) is 19.6. The van der Waals surface area contributed by atoms with Crippen LogP contribution in [0.4, 0.5) is 0 Å². The highest BCUT2D eigenvalue weighted by Crippen LogP contribution is 2.27. The average molecular weight is 441 g/mol. The van der Waals surface area contributed by atoms with Crippen LogP contribution in [0.25, 0.3) is 0 Å². The van der Waals surface area contributed by atoms with E-state index in [1.54, 1.807) is 7.11 Å². The van der Waals surface area contributed by atoms with Crippen molar-refractivity contribution in [2.45, 2.75) is 52.1 Å². The van der Waals surface area contributed by atoms with Gasteiger partial charge in [-0.1, -0.05) is 44.2 Å². The van der Waals surface area contributed by atoms with E-state index >= 15 is 0 Å². The van der Waals surface area contributed by atoms with E-state index in [0.29, 0.717) is 13.2 Å². The van der Waals surface area contributed by atoms with Gasteiger partial charge in [0.1, 0.15) is 18.1 Å². The Morgan fingerprint density at radius 2 is 1.81 bits per heavy atom. The van der Waals surface area contributed by atoms with Crippen LogP contribution in [0, 0.1) is 0 Å². The Morgan fingerprint density at radius 3 is 2.50 bits per heavy atom. The fourth-order valence-electron chi connectivity index (χ4n) is 3.29. The van der Waals surface area contributed by atoms with E-state index in [9.17, 15) is 4.79 Å². The first-order valence-corrected chi connectivity index (χ1v) is 11.4. The molecule has 0 bridgehead atoms. The minimum Gasteiger partial charge on any atom is -0.497 e. The monoisotopic (exact) mass is 440 g/mol. The maximum Gasteiger partial charge on any atom is 0.330 e. The second-order valence-electron chi connectivity index (χ2n) is 7.66. The number of hydrogen-bond acceptors (Lipinski definition) is 5. The molecule has 2 aromatic carbocycles. The molecule has 2 aromatic rings. The fourth-order valence-corrected chi connectivity index (χ4v) is 3.29. The van der Waals surface area contributed by atoms with Crippen LogP contribution in [0.15, 0.2) is 55.1 Å². The van der Waals surface area contributed by atoms with Crippen molar-refractivity contribution in [3.05, 3.63) is 71.8 Å². The summed E-state index contributed by atoms with van der Waals surface area (Å²) in [4.78, 5) is 11.1. The van der Waals surface area contributed by atoms with Crippen LogP contribution in [0.1, 0.15) is 55.9 Å². The molecule has 0 aliphatic rings. The van der Waals surface area contributed by atoms with Crippen LogP contribution in [-0.4, -0.2) is 32.9 Å². The molecule has 0 radical (unpaired) electrons. The standard InChI is InChI=1S/C27H36O5/c1-5-7-17-31-26-20-24(21(3)30-18-19-32-27(28)6-2)14-13-23(26)10-8-9-22-11-15-25(29-4)16-12-22/h6,11-16,20-21H,2,5,7-10,17-19H2,1,3-4H3. The van der Waals surface area contributed by atoms with Crippen LogP contribution < -0.4 is 9.47 Å². The molecule has 5 heteroatoms. The second-order valence-corrected chi connectivity index (χ2v) is 7.66. The highest BCUT2D eigenvalue weighted by molar-refractivity contribution is 5.81. The third kappa shape index (κ3) is 8.75. The number of unbranched alkanes of at least 4 members (excludes halogenated alkanes) is 1. The van der Waals surface area contributed by atoms with Gasteiger partial charge in [0.2, 0.25) is 0 Å².